The molecular weight excluding hydrogens is 206 g/mol. The topological polar surface area (TPSA) is 17.1 Å². The molecule has 0 fully saturated rings. The molecule has 0 aliphatic carbocycles. The van der Waals surface area contributed by atoms with Crippen LogP contribution < -0.4 is 0 Å². The molecule has 0 saturated carbocycles. The van der Waals surface area contributed by atoms with E-state index in [1.165, 1.54) is 0 Å². The molecule has 0 unspecified atom stereocenters. The fourth-order valence-electron chi connectivity index (χ4n) is 1.03. The minimum Gasteiger partial charge on any atom is -0.294 e. The first-order valence-corrected chi connectivity index (χ1v) is 4.39. The first kappa shape index (κ1) is 10.9. The van der Waals surface area contributed by atoms with Crippen LogP contribution in [0.4, 0.5) is 8.78 Å². The molecule has 0 spiro atoms. The van der Waals surface area contributed by atoms with Crippen molar-refractivity contribution in [1.82, 2.24) is 0 Å². The van der Waals surface area contributed by atoms with E-state index in [0.717, 1.165) is 18.2 Å². The molecule has 14 heavy (non-hydrogen) atoms. The molecule has 0 aliphatic rings. The predicted octanol–water partition coefficient (Wildman–Crippen LogP) is 2.93. The maximum Gasteiger partial charge on any atom is 0.170 e. The van der Waals surface area contributed by atoms with Crippen LogP contribution in [0.3, 0.4) is 0 Å². The first-order chi connectivity index (χ1) is 6.50. The Kier molecular flexibility index (Phi) is 3.41. The van der Waals surface area contributed by atoms with Crippen LogP contribution in [0, 0.1) is 11.6 Å². The summed E-state index contributed by atoms with van der Waals surface area (Å²) in [7, 11) is 0. The van der Waals surface area contributed by atoms with E-state index in [4.69, 9.17) is 12.2 Å². The molecule has 0 heterocycles. The van der Waals surface area contributed by atoms with Crippen LogP contribution in [0.25, 0.3) is 0 Å². The van der Waals surface area contributed by atoms with Gasteiger partial charge in [-0.15, -0.1) is 0 Å². The molecule has 1 aromatic rings. The van der Waals surface area contributed by atoms with Crippen molar-refractivity contribution in [1.29, 1.82) is 0 Å². The lowest BCUT2D eigenvalue weighted by molar-refractivity contribution is 0.0996. The molecule has 1 rings (SSSR count). The van der Waals surface area contributed by atoms with Gasteiger partial charge in [-0.25, -0.2) is 8.78 Å². The van der Waals surface area contributed by atoms with Crippen LogP contribution >= 0.6 is 12.2 Å². The molecule has 74 valence electrons. The fourth-order valence-corrected chi connectivity index (χ4v) is 1.16. The van der Waals surface area contributed by atoms with Crippen LogP contribution in [-0.4, -0.2) is 10.6 Å². The summed E-state index contributed by atoms with van der Waals surface area (Å²) < 4.78 is 25.7. The molecule has 0 atom stereocenters. The zero-order valence-corrected chi connectivity index (χ0v) is 8.33. The molecule has 0 radical (unpaired) electrons. The van der Waals surface area contributed by atoms with Crippen molar-refractivity contribution in [3.8, 4) is 0 Å². The number of carbonyl (C=O) groups excluding carboxylic acids is 1. The fraction of sp³-hybridized carbons (Fsp3) is 0.200. The van der Waals surface area contributed by atoms with Gasteiger partial charge in [-0.05, 0) is 30.0 Å². The normalized spacial score (nSPS) is 9.93. The number of carbonyl (C=O) groups is 1. The van der Waals surface area contributed by atoms with Crippen molar-refractivity contribution in [3.63, 3.8) is 0 Å². The highest BCUT2D eigenvalue weighted by molar-refractivity contribution is 7.80. The van der Waals surface area contributed by atoms with Crippen molar-refractivity contribution in [2.75, 3.05) is 0 Å². The second-order valence-electron chi connectivity index (χ2n) is 2.93. The average molecular weight is 214 g/mol. The van der Waals surface area contributed by atoms with Gasteiger partial charge >= 0.3 is 0 Å². The minimum atomic E-state index is -0.715. The summed E-state index contributed by atoms with van der Waals surface area (Å²) in [5.74, 6) is -1.83. The summed E-state index contributed by atoms with van der Waals surface area (Å²) in [5, 5.41) is 0. The van der Waals surface area contributed by atoms with Gasteiger partial charge in [-0.2, -0.15) is 0 Å². The first-order valence-electron chi connectivity index (χ1n) is 3.98. The Morgan fingerprint density at radius 3 is 2.64 bits per heavy atom. The number of hydrogen-bond donors (Lipinski definition) is 0. The quantitative estimate of drug-likeness (QED) is 0.568. The zero-order chi connectivity index (χ0) is 10.7. The third kappa shape index (κ3) is 2.67. The third-order valence-corrected chi connectivity index (χ3v) is 1.78. The summed E-state index contributed by atoms with van der Waals surface area (Å²) in [5.41, 5.74) is -0.241. The number of ketones is 1. The summed E-state index contributed by atoms with van der Waals surface area (Å²) in [6.45, 7) is 1.59. The van der Waals surface area contributed by atoms with Gasteiger partial charge in [0.15, 0.2) is 5.78 Å². The van der Waals surface area contributed by atoms with E-state index >= 15 is 0 Å². The maximum atomic E-state index is 13.0. The van der Waals surface area contributed by atoms with Crippen molar-refractivity contribution in [2.24, 2.45) is 0 Å². The van der Waals surface area contributed by atoms with Crippen molar-refractivity contribution < 1.29 is 13.6 Å². The van der Waals surface area contributed by atoms with Gasteiger partial charge in [0.05, 0.1) is 5.56 Å². The lowest BCUT2D eigenvalue weighted by Gasteiger charge is -2.01. The number of thiocarbonyl (C=S) groups is 1. The average Bonchev–Trinajstić information content (AvgIpc) is 2.08. The van der Waals surface area contributed by atoms with E-state index in [2.05, 4.69) is 0 Å². The Hall–Kier alpha value is -1.16. The van der Waals surface area contributed by atoms with E-state index in [1.807, 2.05) is 0 Å². The van der Waals surface area contributed by atoms with Gasteiger partial charge in [0.25, 0.3) is 0 Å². The van der Waals surface area contributed by atoms with Crippen LogP contribution in [-0.2, 0) is 0 Å². The lowest BCUT2D eigenvalue weighted by Crippen LogP contribution is -2.06. The molecule has 0 amide bonds. The Morgan fingerprint density at radius 2 is 2.07 bits per heavy atom. The van der Waals surface area contributed by atoms with Gasteiger partial charge in [-0.3, -0.25) is 4.79 Å². The standard InChI is InChI=1S/C10H8F2OS/c1-6(14)4-10(13)8-5-7(11)2-3-9(8)12/h2-3,5H,4H2,1H3. The maximum absolute atomic E-state index is 13.0. The number of hydrogen-bond acceptors (Lipinski definition) is 2. The molecule has 0 bridgehead atoms. The van der Waals surface area contributed by atoms with Crippen molar-refractivity contribution in [2.45, 2.75) is 13.3 Å². The Bertz CT molecular complexity index is 388. The smallest absolute Gasteiger partial charge is 0.170 e. The predicted molar refractivity (Wildman–Crippen MR) is 53.6 cm³/mol. The second kappa shape index (κ2) is 4.37. The molecule has 1 aromatic carbocycles. The van der Waals surface area contributed by atoms with E-state index < -0.39 is 17.4 Å². The van der Waals surface area contributed by atoms with Gasteiger partial charge in [0.1, 0.15) is 11.6 Å². The minimum absolute atomic E-state index is 0.0320. The third-order valence-electron chi connectivity index (χ3n) is 1.64. The van der Waals surface area contributed by atoms with E-state index in [1.54, 1.807) is 6.92 Å². The summed E-state index contributed by atoms with van der Waals surface area (Å²) in [6, 6.07) is 2.79. The SMILES string of the molecule is CC(=S)CC(=O)c1cc(F)ccc1F. The van der Waals surface area contributed by atoms with Crippen LogP contribution in [0.2, 0.25) is 0 Å². The van der Waals surface area contributed by atoms with Gasteiger partial charge in [0, 0.05) is 6.42 Å². The summed E-state index contributed by atoms with van der Waals surface area (Å²) in [4.78, 5) is 11.8. The Morgan fingerprint density at radius 1 is 1.43 bits per heavy atom. The molecule has 0 saturated heterocycles. The number of rotatable bonds is 3. The number of benzene rings is 1. The monoisotopic (exact) mass is 214 g/mol. The Balaban J connectivity index is 3.00. The number of halogens is 2. The highest BCUT2D eigenvalue weighted by Crippen LogP contribution is 2.12. The highest BCUT2D eigenvalue weighted by Gasteiger charge is 2.12. The van der Waals surface area contributed by atoms with Crippen molar-refractivity contribution in [3.05, 3.63) is 35.4 Å². The van der Waals surface area contributed by atoms with Gasteiger partial charge in [0.2, 0.25) is 0 Å². The summed E-state index contributed by atoms with van der Waals surface area (Å²) >= 11 is 4.71. The largest absolute Gasteiger partial charge is 0.294 e. The molecule has 1 nitrogen and oxygen atoms in total. The lowest BCUT2D eigenvalue weighted by atomic mass is 10.1. The van der Waals surface area contributed by atoms with Gasteiger partial charge in [-0.1, -0.05) is 12.2 Å². The van der Waals surface area contributed by atoms with Crippen LogP contribution in [0.5, 0.6) is 0 Å². The van der Waals surface area contributed by atoms with E-state index in [9.17, 15) is 13.6 Å². The van der Waals surface area contributed by atoms with Crippen molar-refractivity contribution >= 4 is 22.9 Å². The summed E-state index contributed by atoms with van der Waals surface area (Å²) in [6.07, 6.45) is -0.0320. The molecular formula is C10H8F2OS. The molecule has 0 aromatic heterocycles. The highest BCUT2D eigenvalue weighted by atomic mass is 32.1. The van der Waals surface area contributed by atoms with Crippen LogP contribution in [0.15, 0.2) is 18.2 Å². The zero-order valence-electron chi connectivity index (χ0n) is 7.51. The van der Waals surface area contributed by atoms with E-state index in [0.29, 0.717) is 4.86 Å². The van der Waals surface area contributed by atoms with E-state index in [-0.39, 0.29) is 12.0 Å². The Labute approximate surface area is 85.7 Å². The second-order valence-corrected chi connectivity index (χ2v) is 3.62. The van der Waals surface area contributed by atoms with Crippen LogP contribution in [0.1, 0.15) is 23.7 Å². The van der Waals surface area contributed by atoms with Gasteiger partial charge < -0.3 is 0 Å². The molecule has 4 heteroatoms. The molecule has 0 N–H and O–H groups in total. The number of Topliss-reactive ketones (excluding diaryl/α,β-unsaturated/α-hetero) is 1. The molecule has 0 aliphatic heterocycles.